The van der Waals surface area contributed by atoms with Crippen molar-refractivity contribution < 1.29 is 0 Å². The van der Waals surface area contributed by atoms with Crippen LogP contribution in [0.5, 0.6) is 0 Å². The number of hydrogen-bond acceptors (Lipinski definition) is 1. The van der Waals surface area contributed by atoms with E-state index in [2.05, 4.69) is 0 Å². The molecule has 0 radical (unpaired) electrons. The van der Waals surface area contributed by atoms with Gasteiger partial charge in [0.2, 0.25) is 0 Å². The summed E-state index contributed by atoms with van der Waals surface area (Å²) in [5.74, 6) is 0. The van der Waals surface area contributed by atoms with Crippen molar-refractivity contribution in [2.45, 2.75) is 23.1 Å². The van der Waals surface area contributed by atoms with Gasteiger partial charge in [-0.25, -0.2) is 0 Å². The maximum Gasteiger partial charge on any atom is 0.147 e. The molecule has 0 amide bonds. The number of alkyl halides is 2. The summed E-state index contributed by atoms with van der Waals surface area (Å²) >= 11 is 11.3. The molecule has 0 aromatic rings. The molecular weight excluding hydrogens is 145 g/mol. The molecule has 0 saturated heterocycles. The Balaban J connectivity index is 2.59. The zero-order chi connectivity index (χ0) is 6.20. The Kier molecular flexibility index (Phi) is 1.38. The highest BCUT2D eigenvalue weighted by Crippen LogP contribution is 2.41. The van der Waals surface area contributed by atoms with Crippen LogP contribution in [0.1, 0.15) is 12.8 Å². The van der Waals surface area contributed by atoms with Gasteiger partial charge in [0.25, 0.3) is 0 Å². The Morgan fingerprint density at radius 2 is 2.38 bits per heavy atom. The molecular formula is C5H5Cl2N. The predicted octanol–water partition coefficient (Wildman–Crippen LogP) is 1.89. The molecule has 0 spiro atoms. The van der Waals surface area contributed by atoms with Gasteiger partial charge in [-0.1, -0.05) is 0 Å². The third-order valence-electron chi connectivity index (χ3n) is 1.44. The van der Waals surface area contributed by atoms with Crippen molar-refractivity contribution in [2.24, 2.45) is 0 Å². The molecule has 2 atom stereocenters. The fourth-order valence-corrected chi connectivity index (χ4v) is 1.12. The summed E-state index contributed by atoms with van der Waals surface area (Å²) in [6, 6.07) is 1.96. The monoisotopic (exact) mass is 149 g/mol. The van der Waals surface area contributed by atoms with Crippen LogP contribution >= 0.6 is 23.2 Å². The minimum absolute atomic E-state index is 0.130. The van der Waals surface area contributed by atoms with Gasteiger partial charge in [-0.05, 0) is 12.8 Å². The van der Waals surface area contributed by atoms with E-state index in [1.807, 2.05) is 6.07 Å². The molecule has 1 nitrogen and oxygen atoms in total. The number of nitriles is 1. The van der Waals surface area contributed by atoms with E-state index >= 15 is 0 Å². The average Bonchev–Trinajstić information content (AvgIpc) is 1.83. The fourth-order valence-electron chi connectivity index (χ4n) is 0.633. The summed E-state index contributed by atoms with van der Waals surface area (Å²) in [6.07, 6.45) is 1.61. The normalized spacial score (nSPS) is 44.9. The second-order valence-corrected chi connectivity index (χ2v) is 3.18. The molecule has 2 unspecified atom stereocenters. The Morgan fingerprint density at radius 1 is 1.75 bits per heavy atom. The first kappa shape index (κ1) is 6.19. The zero-order valence-corrected chi connectivity index (χ0v) is 5.71. The summed E-state index contributed by atoms with van der Waals surface area (Å²) in [5, 5.41) is 8.22. The van der Waals surface area contributed by atoms with Gasteiger partial charge in [-0.3, -0.25) is 0 Å². The molecule has 8 heavy (non-hydrogen) atoms. The molecule has 0 aliphatic heterocycles. The van der Waals surface area contributed by atoms with Gasteiger partial charge in [0.15, 0.2) is 0 Å². The SMILES string of the molecule is N#CC1(Cl)CCC1Cl. The van der Waals surface area contributed by atoms with E-state index in [1.165, 1.54) is 0 Å². The molecule has 1 saturated carbocycles. The van der Waals surface area contributed by atoms with Crippen LogP contribution in [0, 0.1) is 11.3 Å². The number of halogens is 2. The summed E-state index contributed by atoms with van der Waals surface area (Å²) in [6.45, 7) is 0. The lowest BCUT2D eigenvalue weighted by Crippen LogP contribution is -2.41. The van der Waals surface area contributed by atoms with E-state index in [0.29, 0.717) is 0 Å². The van der Waals surface area contributed by atoms with Crippen molar-refractivity contribution in [3.8, 4) is 6.07 Å². The Morgan fingerprint density at radius 3 is 2.38 bits per heavy atom. The van der Waals surface area contributed by atoms with Crippen LogP contribution < -0.4 is 0 Å². The lowest BCUT2D eigenvalue weighted by Gasteiger charge is -2.34. The Bertz CT molecular complexity index is 140. The Hall–Kier alpha value is 0.0700. The lowest BCUT2D eigenvalue weighted by atomic mass is 9.85. The fraction of sp³-hybridized carbons (Fsp3) is 0.800. The highest BCUT2D eigenvalue weighted by atomic mass is 35.5. The van der Waals surface area contributed by atoms with E-state index < -0.39 is 4.87 Å². The van der Waals surface area contributed by atoms with Gasteiger partial charge in [0.1, 0.15) is 4.87 Å². The average molecular weight is 150 g/mol. The second kappa shape index (κ2) is 1.79. The highest BCUT2D eigenvalue weighted by Gasteiger charge is 2.44. The Labute approximate surface area is 58.2 Å². The molecule has 0 aromatic carbocycles. The van der Waals surface area contributed by atoms with Crippen molar-refractivity contribution >= 4 is 23.2 Å². The molecule has 0 bridgehead atoms. The van der Waals surface area contributed by atoms with Crippen LogP contribution in [0.2, 0.25) is 0 Å². The summed E-state index contributed by atoms with van der Waals surface area (Å²) in [4.78, 5) is -0.735. The van der Waals surface area contributed by atoms with Gasteiger partial charge in [-0.2, -0.15) is 5.26 Å². The summed E-state index contributed by atoms with van der Waals surface area (Å²) in [5.41, 5.74) is 0. The lowest BCUT2D eigenvalue weighted by molar-refractivity contribution is 0.441. The minimum Gasteiger partial charge on any atom is -0.196 e. The van der Waals surface area contributed by atoms with E-state index in [4.69, 9.17) is 28.5 Å². The topological polar surface area (TPSA) is 23.8 Å². The second-order valence-electron chi connectivity index (χ2n) is 1.98. The summed E-state index contributed by atoms with van der Waals surface area (Å²) in [7, 11) is 0. The van der Waals surface area contributed by atoms with Crippen LogP contribution in [-0.2, 0) is 0 Å². The maximum atomic E-state index is 8.35. The van der Waals surface area contributed by atoms with Crippen molar-refractivity contribution in [1.29, 1.82) is 5.26 Å². The van der Waals surface area contributed by atoms with Crippen molar-refractivity contribution in [3.05, 3.63) is 0 Å². The maximum absolute atomic E-state index is 8.35. The first-order chi connectivity index (χ1) is 3.69. The van der Waals surface area contributed by atoms with Gasteiger partial charge < -0.3 is 0 Å². The van der Waals surface area contributed by atoms with Crippen LogP contribution in [0.15, 0.2) is 0 Å². The predicted molar refractivity (Wildman–Crippen MR) is 33.1 cm³/mol. The van der Waals surface area contributed by atoms with Gasteiger partial charge in [-0.15, -0.1) is 23.2 Å². The quantitative estimate of drug-likeness (QED) is 0.483. The molecule has 0 aromatic heterocycles. The number of nitrogens with zero attached hydrogens (tertiary/aromatic N) is 1. The van der Waals surface area contributed by atoms with Crippen LogP contribution in [0.3, 0.4) is 0 Å². The summed E-state index contributed by atoms with van der Waals surface area (Å²) < 4.78 is 0. The van der Waals surface area contributed by atoms with Gasteiger partial charge in [0.05, 0.1) is 11.4 Å². The number of hydrogen-bond donors (Lipinski definition) is 0. The van der Waals surface area contributed by atoms with Crippen molar-refractivity contribution in [3.63, 3.8) is 0 Å². The molecule has 44 valence electrons. The first-order valence-corrected chi connectivity index (χ1v) is 3.25. The van der Waals surface area contributed by atoms with E-state index in [-0.39, 0.29) is 5.38 Å². The van der Waals surface area contributed by atoms with Crippen LogP contribution in [-0.4, -0.2) is 10.3 Å². The molecule has 1 fully saturated rings. The molecule has 0 N–H and O–H groups in total. The standard InChI is InChI=1S/C5H5Cl2N/c6-4-1-2-5(4,7)3-8/h4H,1-2H2. The molecule has 1 aliphatic carbocycles. The van der Waals surface area contributed by atoms with Gasteiger partial charge >= 0.3 is 0 Å². The molecule has 0 heterocycles. The van der Waals surface area contributed by atoms with Gasteiger partial charge in [0, 0.05) is 0 Å². The number of rotatable bonds is 0. The third kappa shape index (κ3) is 0.687. The van der Waals surface area contributed by atoms with Crippen LogP contribution in [0.25, 0.3) is 0 Å². The first-order valence-electron chi connectivity index (χ1n) is 2.43. The zero-order valence-electron chi connectivity index (χ0n) is 4.19. The van der Waals surface area contributed by atoms with Crippen molar-refractivity contribution in [2.75, 3.05) is 0 Å². The molecule has 1 aliphatic rings. The molecule has 3 heteroatoms. The third-order valence-corrected chi connectivity index (χ3v) is 2.68. The largest absolute Gasteiger partial charge is 0.196 e. The minimum atomic E-state index is -0.735. The van der Waals surface area contributed by atoms with E-state index in [9.17, 15) is 0 Å². The highest BCUT2D eigenvalue weighted by molar-refractivity contribution is 6.35. The molecule has 1 rings (SSSR count). The van der Waals surface area contributed by atoms with Crippen LogP contribution in [0.4, 0.5) is 0 Å². The van der Waals surface area contributed by atoms with Crippen molar-refractivity contribution in [1.82, 2.24) is 0 Å². The van der Waals surface area contributed by atoms with E-state index in [0.717, 1.165) is 12.8 Å². The smallest absolute Gasteiger partial charge is 0.147 e. The van der Waals surface area contributed by atoms with E-state index in [1.54, 1.807) is 0 Å².